The minimum absolute atomic E-state index is 0.943. The molecule has 0 atom stereocenters. The van der Waals surface area contributed by atoms with Crippen LogP contribution in [0.25, 0.3) is 0 Å². The molecule has 1 aliphatic heterocycles. The summed E-state index contributed by atoms with van der Waals surface area (Å²) in [5, 5.41) is 3.54. The molecule has 2 heterocycles. The molecule has 0 radical (unpaired) electrons. The molecule has 1 aliphatic rings. The Kier molecular flexibility index (Phi) is 4.98. The van der Waals surface area contributed by atoms with Crippen LogP contribution in [0.15, 0.2) is 30.6 Å². The number of anilines is 1. The number of fused-ring (bicyclic) bond motifs is 1. The maximum atomic E-state index is 4.56. The third kappa shape index (κ3) is 3.92. The predicted octanol–water partition coefficient (Wildman–Crippen LogP) is 1.86. The van der Waals surface area contributed by atoms with Crippen LogP contribution in [-0.4, -0.2) is 48.3 Å². The van der Waals surface area contributed by atoms with Gasteiger partial charge in [0.05, 0.1) is 18.7 Å². The van der Waals surface area contributed by atoms with Crippen molar-refractivity contribution in [2.75, 3.05) is 38.8 Å². The van der Waals surface area contributed by atoms with Crippen LogP contribution in [0.1, 0.15) is 16.8 Å². The Morgan fingerprint density at radius 2 is 1.91 bits per heavy atom. The van der Waals surface area contributed by atoms with Gasteiger partial charge >= 0.3 is 0 Å². The summed E-state index contributed by atoms with van der Waals surface area (Å²) in [5.41, 5.74) is 4.04. The number of nitrogens with one attached hydrogen (secondary N) is 1. The van der Waals surface area contributed by atoms with Gasteiger partial charge in [-0.05, 0) is 32.5 Å². The molecule has 0 bridgehead atoms. The van der Waals surface area contributed by atoms with Gasteiger partial charge in [-0.15, -0.1) is 0 Å². The number of nitrogens with zero attached hydrogens (tertiary/aromatic N) is 4. The second kappa shape index (κ2) is 7.15. The van der Waals surface area contributed by atoms with Crippen molar-refractivity contribution in [3.63, 3.8) is 0 Å². The molecule has 1 aromatic heterocycles. The van der Waals surface area contributed by atoms with E-state index in [4.69, 9.17) is 0 Å². The smallest absolute Gasteiger partial charge is 0.152 e. The molecule has 0 unspecified atom stereocenters. The topological polar surface area (TPSA) is 36.3 Å². The SMILES string of the molecule is Cc1ccc(CCNCCn2cnc3c2CN(C)CN3C)cc1. The van der Waals surface area contributed by atoms with Gasteiger partial charge in [-0.25, -0.2) is 4.98 Å². The van der Waals surface area contributed by atoms with Crippen LogP contribution in [0.4, 0.5) is 5.82 Å². The Balaban J connectivity index is 1.45. The largest absolute Gasteiger partial charge is 0.345 e. The van der Waals surface area contributed by atoms with Crippen molar-refractivity contribution in [1.29, 1.82) is 0 Å². The second-order valence-electron chi connectivity index (χ2n) is 6.55. The van der Waals surface area contributed by atoms with Crippen molar-refractivity contribution < 1.29 is 0 Å². The second-order valence-corrected chi connectivity index (χ2v) is 6.55. The van der Waals surface area contributed by atoms with E-state index in [1.165, 1.54) is 16.8 Å². The van der Waals surface area contributed by atoms with E-state index in [2.05, 4.69) is 70.0 Å². The molecule has 0 spiro atoms. The molecule has 23 heavy (non-hydrogen) atoms. The molecule has 2 aromatic rings. The molecule has 1 N–H and O–H groups in total. The summed E-state index contributed by atoms with van der Waals surface area (Å²) in [5.74, 6) is 1.13. The van der Waals surface area contributed by atoms with Crippen LogP contribution in [0, 0.1) is 6.92 Å². The highest BCUT2D eigenvalue weighted by Gasteiger charge is 2.21. The van der Waals surface area contributed by atoms with Crippen molar-refractivity contribution in [1.82, 2.24) is 19.8 Å². The number of aromatic nitrogens is 2. The van der Waals surface area contributed by atoms with Gasteiger partial charge in [-0.2, -0.15) is 0 Å². The monoisotopic (exact) mass is 313 g/mol. The molecule has 5 nitrogen and oxygen atoms in total. The number of rotatable bonds is 6. The molecule has 3 rings (SSSR count). The van der Waals surface area contributed by atoms with Crippen molar-refractivity contribution in [3.8, 4) is 0 Å². The number of hydrogen-bond donors (Lipinski definition) is 1. The zero-order chi connectivity index (χ0) is 16.2. The maximum Gasteiger partial charge on any atom is 0.152 e. The van der Waals surface area contributed by atoms with Crippen molar-refractivity contribution in [2.24, 2.45) is 0 Å². The first-order valence-electron chi connectivity index (χ1n) is 8.33. The lowest BCUT2D eigenvalue weighted by molar-refractivity contribution is 0.304. The summed E-state index contributed by atoms with van der Waals surface area (Å²) >= 11 is 0. The third-order valence-corrected chi connectivity index (χ3v) is 4.40. The third-order valence-electron chi connectivity index (χ3n) is 4.40. The lowest BCUT2D eigenvalue weighted by Crippen LogP contribution is -2.38. The summed E-state index contributed by atoms with van der Waals surface area (Å²) in [7, 11) is 4.25. The highest BCUT2D eigenvalue weighted by Crippen LogP contribution is 2.23. The lowest BCUT2D eigenvalue weighted by Gasteiger charge is -2.31. The first kappa shape index (κ1) is 16.0. The van der Waals surface area contributed by atoms with E-state index in [0.29, 0.717) is 0 Å². The molecular formula is C18H27N5. The summed E-state index contributed by atoms with van der Waals surface area (Å²) in [6.07, 6.45) is 3.05. The van der Waals surface area contributed by atoms with Crippen LogP contribution >= 0.6 is 0 Å². The first-order valence-corrected chi connectivity index (χ1v) is 8.33. The quantitative estimate of drug-likeness (QED) is 0.826. The van der Waals surface area contributed by atoms with Crippen LogP contribution in [0.3, 0.4) is 0 Å². The molecule has 0 aliphatic carbocycles. The van der Waals surface area contributed by atoms with E-state index >= 15 is 0 Å². The van der Waals surface area contributed by atoms with Gasteiger partial charge in [0.25, 0.3) is 0 Å². The molecule has 0 amide bonds. The van der Waals surface area contributed by atoms with Crippen molar-refractivity contribution >= 4 is 5.82 Å². The van der Waals surface area contributed by atoms with E-state index in [-0.39, 0.29) is 0 Å². The average Bonchev–Trinajstić information content (AvgIpc) is 2.92. The van der Waals surface area contributed by atoms with Gasteiger partial charge < -0.3 is 14.8 Å². The Morgan fingerprint density at radius 1 is 1.13 bits per heavy atom. The normalized spacial score (nSPS) is 15.0. The zero-order valence-corrected chi connectivity index (χ0v) is 14.4. The maximum absolute atomic E-state index is 4.56. The summed E-state index contributed by atoms with van der Waals surface area (Å²) in [6, 6.07) is 8.80. The molecule has 1 aromatic carbocycles. The van der Waals surface area contributed by atoms with E-state index in [0.717, 1.165) is 45.1 Å². The van der Waals surface area contributed by atoms with Crippen LogP contribution in [0.5, 0.6) is 0 Å². The minimum Gasteiger partial charge on any atom is -0.345 e. The molecule has 0 saturated carbocycles. The van der Waals surface area contributed by atoms with Gasteiger partial charge in [0.2, 0.25) is 0 Å². The number of aryl methyl sites for hydroxylation is 1. The van der Waals surface area contributed by atoms with E-state index < -0.39 is 0 Å². The van der Waals surface area contributed by atoms with E-state index in [1.54, 1.807) is 0 Å². The molecule has 124 valence electrons. The van der Waals surface area contributed by atoms with Crippen LogP contribution in [0.2, 0.25) is 0 Å². The molecule has 0 fully saturated rings. The summed E-state index contributed by atoms with van der Waals surface area (Å²) in [6.45, 7) is 7.00. The van der Waals surface area contributed by atoms with Gasteiger partial charge in [0, 0.05) is 26.7 Å². The standard InChI is InChI=1S/C18H27N5/c1-15-4-6-16(7-5-15)8-9-19-10-11-23-13-20-18-17(23)12-21(2)14-22(18)3/h4-7,13,19H,8-12,14H2,1-3H3. The number of benzene rings is 1. The van der Waals surface area contributed by atoms with Gasteiger partial charge in [-0.1, -0.05) is 29.8 Å². The average molecular weight is 313 g/mol. The fraction of sp³-hybridized carbons (Fsp3) is 0.500. The molecule has 5 heteroatoms. The fourth-order valence-corrected chi connectivity index (χ4v) is 3.12. The summed E-state index contributed by atoms with van der Waals surface area (Å²) < 4.78 is 2.28. The van der Waals surface area contributed by atoms with Gasteiger partial charge in [-0.3, -0.25) is 4.90 Å². The van der Waals surface area contributed by atoms with E-state index in [9.17, 15) is 0 Å². The fourth-order valence-electron chi connectivity index (χ4n) is 3.12. The zero-order valence-electron chi connectivity index (χ0n) is 14.4. The number of imidazole rings is 1. The molecular weight excluding hydrogens is 286 g/mol. The van der Waals surface area contributed by atoms with E-state index in [1.807, 2.05) is 6.33 Å². The predicted molar refractivity (Wildman–Crippen MR) is 94.7 cm³/mol. The van der Waals surface area contributed by atoms with Crippen LogP contribution < -0.4 is 10.2 Å². The first-order chi connectivity index (χ1) is 11.1. The number of hydrogen-bond acceptors (Lipinski definition) is 4. The Labute approximate surface area is 138 Å². The highest BCUT2D eigenvalue weighted by molar-refractivity contribution is 5.45. The van der Waals surface area contributed by atoms with Crippen molar-refractivity contribution in [3.05, 3.63) is 47.4 Å². The van der Waals surface area contributed by atoms with Crippen molar-refractivity contribution in [2.45, 2.75) is 26.4 Å². The highest BCUT2D eigenvalue weighted by atomic mass is 15.4. The lowest BCUT2D eigenvalue weighted by atomic mass is 10.1. The Hall–Kier alpha value is -1.85. The Morgan fingerprint density at radius 3 is 2.70 bits per heavy atom. The van der Waals surface area contributed by atoms with Crippen LogP contribution in [-0.2, 0) is 19.5 Å². The summed E-state index contributed by atoms with van der Waals surface area (Å²) in [4.78, 5) is 9.08. The van der Waals surface area contributed by atoms with Gasteiger partial charge in [0.1, 0.15) is 0 Å². The molecule has 0 saturated heterocycles. The van der Waals surface area contributed by atoms with Gasteiger partial charge in [0.15, 0.2) is 5.82 Å². The minimum atomic E-state index is 0.943. The Bertz CT molecular complexity index is 631.